The third-order valence-electron chi connectivity index (χ3n) is 9.86. The lowest BCUT2D eigenvalue weighted by Gasteiger charge is -2.41. The summed E-state index contributed by atoms with van der Waals surface area (Å²) in [6.45, 7) is 1.49. The van der Waals surface area contributed by atoms with E-state index in [4.69, 9.17) is 9.15 Å². The van der Waals surface area contributed by atoms with Crippen molar-refractivity contribution in [2.75, 3.05) is 39.3 Å². The molecular formula is C36H35N9O11S. The van der Waals surface area contributed by atoms with Gasteiger partial charge in [0.1, 0.15) is 29.8 Å². The van der Waals surface area contributed by atoms with Crippen molar-refractivity contribution < 1.29 is 47.6 Å². The number of amides is 8. The molecule has 20 nitrogen and oxygen atoms in total. The zero-order chi connectivity index (χ0) is 40.4. The fourth-order valence-electron chi connectivity index (χ4n) is 6.78. The highest BCUT2D eigenvalue weighted by Gasteiger charge is 2.67. The number of nitrogens with zero attached hydrogens (tertiary/aromatic N) is 7. The smallest absolute Gasteiger partial charge is 0.345 e. The molecule has 8 amide bonds. The number of ether oxygens (including phenoxy) is 1. The third kappa shape index (κ3) is 7.35. The molecule has 4 fully saturated rings. The Morgan fingerprint density at radius 3 is 2.46 bits per heavy atom. The summed E-state index contributed by atoms with van der Waals surface area (Å²) in [5.74, 6) is -3.77. The zero-order valence-electron chi connectivity index (χ0n) is 30.2. The van der Waals surface area contributed by atoms with Gasteiger partial charge in [0.25, 0.3) is 5.69 Å². The van der Waals surface area contributed by atoms with Crippen LogP contribution in [0.25, 0.3) is 0 Å². The van der Waals surface area contributed by atoms with Gasteiger partial charge in [-0.05, 0) is 42.3 Å². The van der Waals surface area contributed by atoms with Gasteiger partial charge < -0.3 is 29.6 Å². The third-order valence-corrected chi connectivity index (χ3v) is 11.5. The molecule has 0 saturated carbocycles. The van der Waals surface area contributed by atoms with Gasteiger partial charge in [-0.15, -0.1) is 0 Å². The van der Waals surface area contributed by atoms with E-state index in [9.17, 15) is 43.7 Å². The van der Waals surface area contributed by atoms with E-state index in [-0.39, 0.29) is 51.6 Å². The van der Waals surface area contributed by atoms with Gasteiger partial charge in [-0.3, -0.25) is 39.1 Å². The Bertz CT molecular complexity index is 2140. The normalized spacial score (nSPS) is 22.4. The number of nitro groups is 1. The summed E-state index contributed by atoms with van der Waals surface area (Å²) in [5.41, 5.74) is 0.592. The summed E-state index contributed by atoms with van der Waals surface area (Å²) in [4.78, 5) is 108. The molecule has 3 aromatic rings. The number of β-lactam (4-membered cyclic amide) rings is 1. The topological polar surface area (TPSA) is 238 Å². The monoisotopic (exact) mass is 801 g/mol. The highest BCUT2D eigenvalue weighted by molar-refractivity contribution is 8.02. The number of hydrogen-bond acceptors (Lipinski definition) is 13. The van der Waals surface area contributed by atoms with Crippen molar-refractivity contribution in [3.63, 3.8) is 0 Å². The first kappa shape index (κ1) is 38.5. The number of furan rings is 1. The fraction of sp³-hybridized carbons (Fsp3) is 0.333. The summed E-state index contributed by atoms with van der Waals surface area (Å²) in [6.07, 6.45) is 2.78. The van der Waals surface area contributed by atoms with Crippen LogP contribution in [0.5, 0.6) is 0 Å². The van der Waals surface area contributed by atoms with E-state index < -0.39 is 68.9 Å². The van der Waals surface area contributed by atoms with E-state index in [1.165, 1.54) is 51.4 Å². The molecule has 4 aliphatic heterocycles. The zero-order valence-corrected chi connectivity index (χ0v) is 31.0. The van der Waals surface area contributed by atoms with Gasteiger partial charge in [-0.1, -0.05) is 42.1 Å². The van der Waals surface area contributed by atoms with E-state index in [2.05, 4.69) is 15.7 Å². The van der Waals surface area contributed by atoms with Crippen molar-refractivity contribution in [3.05, 3.63) is 100.0 Å². The molecule has 0 spiro atoms. The summed E-state index contributed by atoms with van der Waals surface area (Å²) < 4.78 is 11.0. The van der Waals surface area contributed by atoms with Crippen molar-refractivity contribution in [1.29, 1.82) is 0 Å². The predicted octanol–water partition coefficient (Wildman–Crippen LogP) is 1.24. The molecule has 4 aliphatic rings. The minimum absolute atomic E-state index is 0.00951. The van der Waals surface area contributed by atoms with Crippen molar-refractivity contribution in [3.8, 4) is 0 Å². The highest BCUT2D eigenvalue weighted by atomic mass is 32.2. The molecule has 296 valence electrons. The number of esters is 1. The van der Waals surface area contributed by atoms with Crippen LogP contribution >= 0.6 is 11.8 Å². The average molecular weight is 802 g/mol. The second-order valence-electron chi connectivity index (χ2n) is 13.2. The number of carbonyl (C=O) groups excluding carboxylic acids is 7. The first-order valence-electron chi connectivity index (χ1n) is 17.7. The molecule has 0 bridgehead atoms. The maximum atomic E-state index is 14.2. The summed E-state index contributed by atoms with van der Waals surface area (Å²) in [6, 6.07) is 12.5. The Labute approximate surface area is 327 Å². The molecule has 57 heavy (non-hydrogen) atoms. The van der Waals surface area contributed by atoms with Crippen LogP contribution in [0, 0.1) is 10.1 Å². The van der Waals surface area contributed by atoms with E-state index in [1.807, 2.05) is 0 Å². The number of fused-ring (bicyclic) bond motifs is 1. The summed E-state index contributed by atoms with van der Waals surface area (Å²) >= 11 is 0.929. The number of rotatable bonds is 12. The lowest BCUT2D eigenvalue weighted by atomic mass is 10.0. The Balaban J connectivity index is 1.10. The Morgan fingerprint density at radius 1 is 1.02 bits per heavy atom. The van der Waals surface area contributed by atoms with Crippen LogP contribution in [0.4, 0.5) is 15.3 Å². The van der Waals surface area contributed by atoms with Gasteiger partial charge in [-0.2, -0.15) is 5.10 Å². The first-order chi connectivity index (χ1) is 27.4. The van der Waals surface area contributed by atoms with Gasteiger partial charge in [0.15, 0.2) is 0 Å². The van der Waals surface area contributed by atoms with Crippen molar-refractivity contribution in [2.45, 2.75) is 35.9 Å². The highest BCUT2D eigenvalue weighted by Crippen LogP contribution is 2.50. The fourth-order valence-corrected chi connectivity index (χ4v) is 8.48. The number of hydrogen-bond donors (Lipinski definition) is 2. The second-order valence-corrected chi connectivity index (χ2v) is 14.6. The van der Waals surface area contributed by atoms with Crippen molar-refractivity contribution >= 4 is 65.3 Å². The van der Waals surface area contributed by atoms with E-state index in [1.54, 1.807) is 49.4 Å². The predicted molar refractivity (Wildman–Crippen MR) is 197 cm³/mol. The van der Waals surface area contributed by atoms with Crippen LogP contribution < -0.4 is 10.6 Å². The minimum atomic E-state index is -1.80. The number of piperazine rings is 1. The van der Waals surface area contributed by atoms with Crippen LogP contribution in [0.3, 0.4) is 0 Å². The number of likely N-dealkylation sites (N-methyl/N-ethyl adjacent to an activating group) is 1. The summed E-state index contributed by atoms with van der Waals surface area (Å²) in [5, 5.41) is 20.8. The quantitative estimate of drug-likeness (QED) is 0.0657. The maximum absolute atomic E-state index is 14.2. The van der Waals surface area contributed by atoms with Gasteiger partial charge in [0.05, 0.1) is 30.5 Å². The number of imide groups is 1. The molecular weight excluding hydrogens is 767 g/mol. The van der Waals surface area contributed by atoms with Crippen molar-refractivity contribution in [2.24, 2.45) is 5.10 Å². The number of nitrogens with one attached hydrogen (secondary N) is 2. The van der Waals surface area contributed by atoms with Gasteiger partial charge in [0, 0.05) is 38.3 Å². The Kier molecular flexibility index (Phi) is 10.6. The molecule has 2 N–H and O–H groups in total. The van der Waals surface area contributed by atoms with Crippen LogP contribution in [0.2, 0.25) is 0 Å². The molecule has 7 rings (SSSR count). The number of carbonyl (C=O) groups is 7. The summed E-state index contributed by atoms with van der Waals surface area (Å²) in [7, 11) is 0. The first-order valence-corrected chi connectivity index (χ1v) is 18.6. The van der Waals surface area contributed by atoms with Crippen LogP contribution in [0.15, 0.2) is 82.5 Å². The lowest BCUT2D eigenvalue weighted by Crippen LogP contribution is -2.68. The molecule has 0 radical (unpaired) electrons. The average Bonchev–Trinajstić information content (AvgIpc) is 3.97. The Hall–Kier alpha value is -6.77. The number of thioether (sulfide) groups is 1. The van der Waals surface area contributed by atoms with Gasteiger partial charge in [0.2, 0.25) is 16.7 Å². The Morgan fingerprint density at radius 2 is 1.77 bits per heavy atom. The molecule has 4 atom stereocenters. The van der Waals surface area contributed by atoms with Crippen LogP contribution in [-0.4, -0.2) is 133 Å². The molecule has 2 aromatic carbocycles. The molecule has 0 aliphatic carbocycles. The van der Waals surface area contributed by atoms with E-state index >= 15 is 0 Å². The van der Waals surface area contributed by atoms with Crippen LogP contribution in [0.1, 0.15) is 29.9 Å². The maximum Gasteiger partial charge on any atom is 0.345 e. The SMILES string of the molecule is CCN1CCN(C(=O)NC(C(=O)N[C@@H]2C(=O)N3C[C@@](C(=O)OCc4ccc([N+](=O)[O-])cc4)(N4CCN(/N=C/c5ccco5)C4=O)S[C@H]23)c2ccccc2)C(=O)C1=O. The van der Waals surface area contributed by atoms with E-state index in [0.29, 0.717) is 16.9 Å². The van der Waals surface area contributed by atoms with Gasteiger partial charge in [-0.25, -0.2) is 19.4 Å². The number of urea groups is 2. The van der Waals surface area contributed by atoms with E-state index in [0.717, 1.165) is 21.7 Å². The lowest BCUT2D eigenvalue weighted by molar-refractivity contribution is -0.384. The number of nitro benzene ring substituents is 1. The standard InChI is InChI=1S/C36H35N9O11S/c1-2-40-14-15-41(31(49)30(40)48)34(51)39-26(23-7-4-3-5-8-23)28(46)38-27-29(47)42-21-36(57-32(27)42,33(50)56-20-22-10-12-24(13-11-22)45(53)54)43-16-17-44(35(43)52)37-19-25-9-6-18-55-25/h3-13,18-19,26-27,32H,2,14-17,20-21H2,1H3,(H,38,46)(H,39,51)/b37-19+/t26?,27-,32-,36-/m1/s1. The van der Waals surface area contributed by atoms with Gasteiger partial charge >= 0.3 is 29.8 Å². The molecule has 4 saturated heterocycles. The minimum Gasteiger partial charge on any atom is -0.463 e. The molecule has 5 heterocycles. The van der Waals surface area contributed by atoms with Crippen LogP contribution in [-0.2, 0) is 35.3 Å². The van der Waals surface area contributed by atoms with Crippen molar-refractivity contribution in [1.82, 2.24) is 35.2 Å². The second kappa shape index (κ2) is 15.8. The molecule has 21 heteroatoms. The molecule has 1 aromatic heterocycles. The largest absolute Gasteiger partial charge is 0.463 e. The number of hydrazone groups is 1. The number of benzene rings is 2. The number of non-ortho nitro benzene ring substituents is 1. The molecule has 1 unspecified atom stereocenters.